The van der Waals surface area contributed by atoms with Crippen molar-refractivity contribution in [1.29, 1.82) is 0 Å². The highest BCUT2D eigenvalue weighted by Crippen LogP contribution is 2.46. The number of amides is 1. The van der Waals surface area contributed by atoms with Crippen molar-refractivity contribution in [2.45, 2.75) is 13.0 Å². The summed E-state index contributed by atoms with van der Waals surface area (Å²) < 4.78 is 5.48. The Morgan fingerprint density at radius 3 is 2.64 bits per heavy atom. The lowest BCUT2D eigenvalue weighted by Gasteiger charge is -2.26. The van der Waals surface area contributed by atoms with Gasteiger partial charge in [-0.1, -0.05) is 29.3 Å². The fourth-order valence-corrected chi connectivity index (χ4v) is 4.08. The lowest BCUT2D eigenvalue weighted by molar-refractivity contribution is -0.132. The topological polar surface area (TPSA) is 100.0 Å². The van der Waals surface area contributed by atoms with Crippen molar-refractivity contribution < 1.29 is 24.5 Å². The summed E-state index contributed by atoms with van der Waals surface area (Å²) in [5.74, 6) is -2.19. The van der Waals surface area contributed by atoms with Gasteiger partial charge in [-0.3, -0.25) is 19.5 Å². The maximum atomic E-state index is 13.2. The highest BCUT2D eigenvalue weighted by Gasteiger charge is 2.48. The SMILES string of the molecule is CCOc1ccc(Cl)c(/C(O)=C2\C(=O)C(=O)N(c3cc(Cl)ccc3O)C2c2cccnc2)c1. The number of phenolic OH excluding ortho intramolecular Hbond substituents is 1. The number of rotatable bonds is 5. The number of aliphatic hydroxyl groups is 1. The molecule has 168 valence electrons. The average molecular weight is 485 g/mol. The highest BCUT2D eigenvalue weighted by atomic mass is 35.5. The molecule has 33 heavy (non-hydrogen) atoms. The fourth-order valence-electron chi connectivity index (χ4n) is 3.71. The molecule has 0 bridgehead atoms. The van der Waals surface area contributed by atoms with E-state index in [4.69, 9.17) is 27.9 Å². The summed E-state index contributed by atoms with van der Waals surface area (Å²) in [6.45, 7) is 2.19. The lowest BCUT2D eigenvalue weighted by Crippen LogP contribution is -2.29. The van der Waals surface area contributed by atoms with Gasteiger partial charge in [-0.15, -0.1) is 0 Å². The number of Topliss-reactive ketones (excluding diaryl/α,β-unsaturated/α-hetero) is 1. The summed E-state index contributed by atoms with van der Waals surface area (Å²) in [5.41, 5.74) is 0.383. The first-order chi connectivity index (χ1) is 15.8. The smallest absolute Gasteiger partial charge is 0.300 e. The molecule has 7 nitrogen and oxygen atoms in total. The van der Waals surface area contributed by atoms with Gasteiger partial charge in [0.25, 0.3) is 11.7 Å². The number of phenols is 1. The number of aromatic nitrogens is 1. The molecule has 1 aliphatic heterocycles. The monoisotopic (exact) mass is 484 g/mol. The Balaban J connectivity index is 1.98. The number of aromatic hydroxyl groups is 1. The maximum absolute atomic E-state index is 13.2. The van der Waals surface area contributed by atoms with Crippen LogP contribution in [0.25, 0.3) is 5.76 Å². The molecule has 0 spiro atoms. The summed E-state index contributed by atoms with van der Waals surface area (Å²) in [6.07, 6.45) is 3.01. The third-order valence-electron chi connectivity index (χ3n) is 5.15. The van der Waals surface area contributed by atoms with Crippen molar-refractivity contribution in [3.63, 3.8) is 0 Å². The number of hydrogen-bond donors (Lipinski definition) is 2. The van der Waals surface area contributed by atoms with E-state index >= 15 is 0 Å². The predicted octanol–water partition coefficient (Wildman–Crippen LogP) is 5.12. The maximum Gasteiger partial charge on any atom is 0.300 e. The summed E-state index contributed by atoms with van der Waals surface area (Å²) in [4.78, 5) is 31.5. The molecule has 1 atom stereocenters. The van der Waals surface area contributed by atoms with Gasteiger partial charge in [0.15, 0.2) is 0 Å². The zero-order valence-corrected chi connectivity index (χ0v) is 18.8. The van der Waals surface area contributed by atoms with E-state index in [1.165, 1.54) is 42.7 Å². The van der Waals surface area contributed by atoms with Crippen LogP contribution in [0, 0.1) is 0 Å². The van der Waals surface area contributed by atoms with E-state index in [1.807, 2.05) is 0 Å². The van der Waals surface area contributed by atoms with Gasteiger partial charge in [-0.25, -0.2) is 0 Å². The van der Waals surface area contributed by atoms with Gasteiger partial charge in [-0.2, -0.15) is 0 Å². The minimum absolute atomic E-state index is 0.0201. The van der Waals surface area contributed by atoms with E-state index in [0.717, 1.165) is 4.90 Å². The molecule has 2 heterocycles. The molecule has 1 fully saturated rings. The van der Waals surface area contributed by atoms with E-state index in [-0.39, 0.29) is 32.6 Å². The molecule has 1 aromatic heterocycles. The van der Waals surface area contributed by atoms with Crippen LogP contribution < -0.4 is 9.64 Å². The van der Waals surface area contributed by atoms with Crippen LogP contribution in [0.3, 0.4) is 0 Å². The Morgan fingerprint density at radius 1 is 1.15 bits per heavy atom. The molecule has 4 rings (SSSR count). The second-order valence-electron chi connectivity index (χ2n) is 7.16. The predicted molar refractivity (Wildman–Crippen MR) is 125 cm³/mol. The molecule has 1 aliphatic rings. The Bertz CT molecular complexity index is 1280. The number of carbonyl (C=O) groups is 2. The number of benzene rings is 2. The molecule has 3 aromatic rings. The first-order valence-corrected chi connectivity index (χ1v) is 10.7. The molecule has 2 aromatic carbocycles. The summed E-state index contributed by atoms with van der Waals surface area (Å²) in [7, 11) is 0. The van der Waals surface area contributed by atoms with Gasteiger partial charge in [0.05, 0.1) is 28.9 Å². The number of nitrogens with zero attached hydrogens (tertiary/aromatic N) is 2. The number of pyridine rings is 1. The molecular weight excluding hydrogens is 467 g/mol. The van der Waals surface area contributed by atoms with E-state index in [0.29, 0.717) is 17.9 Å². The largest absolute Gasteiger partial charge is 0.507 e. The van der Waals surface area contributed by atoms with Crippen LogP contribution in [-0.4, -0.2) is 33.5 Å². The van der Waals surface area contributed by atoms with Crippen LogP contribution >= 0.6 is 23.2 Å². The van der Waals surface area contributed by atoms with Crippen LogP contribution in [-0.2, 0) is 9.59 Å². The highest BCUT2D eigenvalue weighted by molar-refractivity contribution is 6.52. The fraction of sp³-hybridized carbons (Fsp3) is 0.125. The van der Waals surface area contributed by atoms with Gasteiger partial charge < -0.3 is 14.9 Å². The zero-order chi connectivity index (χ0) is 23.7. The van der Waals surface area contributed by atoms with Gasteiger partial charge in [0.1, 0.15) is 17.3 Å². The van der Waals surface area contributed by atoms with Crippen LogP contribution in [0.1, 0.15) is 24.1 Å². The Hall–Kier alpha value is -3.55. The second-order valence-corrected chi connectivity index (χ2v) is 8.01. The molecule has 1 amide bonds. The van der Waals surface area contributed by atoms with Gasteiger partial charge in [0.2, 0.25) is 0 Å². The second kappa shape index (κ2) is 9.13. The number of anilines is 1. The Labute approximate surface area is 199 Å². The first-order valence-electron chi connectivity index (χ1n) is 9.95. The zero-order valence-electron chi connectivity index (χ0n) is 17.3. The van der Waals surface area contributed by atoms with Crippen LogP contribution in [0.5, 0.6) is 11.5 Å². The molecule has 2 N–H and O–H groups in total. The van der Waals surface area contributed by atoms with Crippen molar-refractivity contribution in [3.8, 4) is 11.5 Å². The summed E-state index contributed by atoms with van der Waals surface area (Å²) in [6, 6.07) is 11.0. The molecule has 0 radical (unpaired) electrons. The quantitative estimate of drug-likeness (QED) is 0.296. The molecule has 1 saturated heterocycles. The number of ether oxygens (including phenoxy) is 1. The van der Waals surface area contributed by atoms with Crippen LogP contribution in [0.15, 0.2) is 66.5 Å². The molecule has 0 aliphatic carbocycles. The van der Waals surface area contributed by atoms with Gasteiger partial charge in [-0.05, 0) is 55.0 Å². The van der Waals surface area contributed by atoms with Gasteiger partial charge >= 0.3 is 0 Å². The number of ketones is 1. The third kappa shape index (κ3) is 4.13. The van der Waals surface area contributed by atoms with Crippen molar-refractivity contribution in [1.82, 2.24) is 4.98 Å². The molecule has 9 heteroatoms. The molecule has 0 saturated carbocycles. The standard InChI is InChI=1S/C24H18Cl2N2O5/c1-2-33-15-6-7-17(26)16(11-15)22(30)20-21(13-4-3-9-27-12-13)28(24(32)23(20)31)18-10-14(25)5-8-19(18)29/h3-12,21,29-30H,2H2,1H3/b22-20+. The van der Waals surface area contributed by atoms with Crippen molar-refractivity contribution in [2.24, 2.45) is 0 Å². The van der Waals surface area contributed by atoms with E-state index in [1.54, 1.807) is 25.1 Å². The average Bonchev–Trinajstić information content (AvgIpc) is 3.07. The number of carbonyl (C=O) groups excluding carboxylic acids is 2. The summed E-state index contributed by atoms with van der Waals surface area (Å²) in [5, 5.41) is 22.1. The minimum atomic E-state index is -1.09. The number of halogens is 2. The Kier molecular flexibility index (Phi) is 6.26. The van der Waals surface area contributed by atoms with Crippen molar-refractivity contribution in [2.75, 3.05) is 11.5 Å². The number of hydrogen-bond acceptors (Lipinski definition) is 6. The normalized spacial score (nSPS) is 17.4. The first kappa shape index (κ1) is 22.6. The Morgan fingerprint density at radius 2 is 1.94 bits per heavy atom. The van der Waals surface area contributed by atoms with E-state index in [9.17, 15) is 19.8 Å². The van der Waals surface area contributed by atoms with E-state index < -0.39 is 23.5 Å². The lowest BCUT2D eigenvalue weighted by atomic mass is 9.96. The third-order valence-corrected chi connectivity index (χ3v) is 5.71. The molecular formula is C24H18Cl2N2O5. The molecule has 1 unspecified atom stereocenters. The number of aliphatic hydroxyl groups excluding tert-OH is 1. The summed E-state index contributed by atoms with van der Waals surface area (Å²) >= 11 is 12.4. The minimum Gasteiger partial charge on any atom is -0.507 e. The van der Waals surface area contributed by atoms with Crippen molar-refractivity contribution in [3.05, 3.63) is 87.7 Å². The van der Waals surface area contributed by atoms with Crippen molar-refractivity contribution >= 4 is 46.3 Å². The van der Waals surface area contributed by atoms with Crippen LogP contribution in [0.4, 0.5) is 5.69 Å². The van der Waals surface area contributed by atoms with Crippen LogP contribution in [0.2, 0.25) is 10.0 Å². The van der Waals surface area contributed by atoms with Gasteiger partial charge in [0, 0.05) is 23.0 Å². The van der Waals surface area contributed by atoms with E-state index in [2.05, 4.69) is 4.98 Å².